The molecule has 0 aliphatic heterocycles. The fourth-order valence-electron chi connectivity index (χ4n) is 3.47. The van der Waals surface area contributed by atoms with Crippen LogP contribution in [0.5, 0.6) is 5.75 Å². The first kappa shape index (κ1) is 22.3. The number of methoxy groups -OCH3 is 1. The number of hydrogen-bond acceptors (Lipinski definition) is 5. The fourth-order valence-corrected chi connectivity index (χ4v) is 4.80. The number of fused-ring (bicyclic) bond motifs is 1. The van der Waals surface area contributed by atoms with Crippen LogP contribution in [0.3, 0.4) is 0 Å². The molecule has 0 spiro atoms. The Bertz CT molecular complexity index is 1400. The molecule has 1 heterocycles. The van der Waals surface area contributed by atoms with Gasteiger partial charge < -0.3 is 14.6 Å². The molecule has 0 fully saturated rings. The van der Waals surface area contributed by atoms with Gasteiger partial charge in [0, 0.05) is 24.3 Å². The first-order valence-corrected chi connectivity index (χ1v) is 11.8. The molecule has 0 saturated heterocycles. The lowest BCUT2D eigenvalue weighted by atomic mass is 10.2. The minimum atomic E-state index is -3.85. The summed E-state index contributed by atoms with van der Waals surface area (Å²) in [6, 6.07) is 19.1. The highest BCUT2D eigenvalue weighted by Gasteiger charge is 2.18. The number of aryl methyl sites for hydroxylation is 2. The summed E-state index contributed by atoms with van der Waals surface area (Å²) in [6.07, 6.45) is 1.93. The first-order valence-electron chi connectivity index (χ1n) is 10.3. The number of nitrogens with zero attached hydrogens (tertiary/aromatic N) is 2. The summed E-state index contributed by atoms with van der Waals surface area (Å²) in [5, 5.41) is 2.79. The van der Waals surface area contributed by atoms with Crippen molar-refractivity contribution < 1.29 is 17.9 Å². The van der Waals surface area contributed by atoms with Crippen molar-refractivity contribution in [2.45, 2.75) is 24.8 Å². The SMILES string of the molecule is COc1ccc(NS(=O)(=O)c2cc(NC(=O)CCn3cnc4ccccc43)ccc2C)cc1. The number of carbonyl (C=O) groups is 1. The van der Waals surface area contributed by atoms with E-state index in [4.69, 9.17) is 4.74 Å². The molecule has 8 nitrogen and oxygen atoms in total. The van der Waals surface area contributed by atoms with Gasteiger partial charge in [-0.25, -0.2) is 13.4 Å². The molecule has 1 aromatic heterocycles. The molecule has 0 radical (unpaired) electrons. The number of carbonyl (C=O) groups excluding carboxylic acids is 1. The van der Waals surface area contributed by atoms with Gasteiger partial charge >= 0.3 is 0 Å². The third kappa shape index (κ3) is 5.15. The highest BCUT2D eigenvalue weighted by atomic mass is 32.2. The summed E-state index contributed by atoms with van der Waals surface area (Å²) >= 11 is 0. The summed E-state index contributed by atoms with van der Waals surface area (Å²) in [6.45, 7) is 2.17. The Labute approximate surface area is 192 Å². The number of para-hydroxylation sites is 2. The lowest BCUT2D eigenvalue weighted by Gasteiger charge is -2.13. The van der Waals surface area contributed by atoms with E-state index in [1.165, 1.54) is 6.07 Å². The van der Waals surface area contributed by atoms with E-state index in [2.05, 4.69) is 15.0 Å². The second kappa shape index (κ2) is 9.33. The molecular formula is C24H24N4O4S. The molecular weight excluding hydrogens is 440 g/mol. The van der Waals surface area contributed by atoms with Gasteiger partial charge in [0.25, 0.3) is 10.0 Å². The van der Waals surface area contributed by atoms with Gasteiger partial charge in [0.2, 0.25) is 5.91 Å². The minimum Gasteiger partial charge on any atom is -0.497 e. The van der Waals surface area contributed by atoms with E-state index in [9.17, 15) is 13.2 Å². The Balaban J connectivity index is 1.45. The molecule has 0 aliphatic carbocycles. The molecule has 0 unspecified atom stereocenters. The molecule has 0 aliphatic rings. The molecule has 0 bridgehead atoms. The average Bonchev–Trinajstić information content (AvgIpc) is 3.22. The maximum absolute atomic E-state index is 13.0. The van der Waals surface area contributed by atoms with Gasteiger partial charge in [-0.15, -0.1) is 0 Å². The quantitative estimate of drug-likeness (QED) is 0.407. The molecule has 1 amide bonds. The van der Waals surface area contributed by atoms with Crippen molar-refractivity contribution in [2.24, 2.45) is 0 Å². The van der Waals surface area contributed by atoms with Gasteiger partial charge in [-0.05, 0) is 61.0 Å². The zero-order valence-electron chi connectivity index (χ0n) is 18.3. The monoisotopic (exact) mass is 464 g/mol. The Kier molecular flexibility index (Phi) is 6.32. The molecule has 0 saturated carbocycles. The summed E-state index contributed by atoms with van der Waals surface area (Å²) < 4.78 is 35.5. The van der Waals surface area contributed by atoms with Crippen LogP contribution >= 0.6 is 0 Å². The smallest absolute Gasteiger partial charge is 0.262 e. The molecule has 33 heavy (non-hydrogen) atoms. The van der Waals surface area contributed by atoms with Crippen molar-refractivity contribution in [3.63, 3.8) is 0 Å². The fraction of sp³-hybridized carbons (Fsp3) is 0.167. The number of imidazole rings is 1. The van der Waals surface area contributed by atoms with Crippen LogP contribution in [0.4, 0.5) is 11.4 Å². The first-order chi connectivity index (χ1) is 15.9. The summed E-state index contributed by atoms with van der Waals surface area (Å²) in [5.74, 6) is 0.408. The second-order valence-corrected chi connectivity index (χ2v) is 9.19. The van der Waals surface area contributed by atoms with Crippen LogP contribution in [0.1, 0.15) is 12.0 Å². The lowest BCUT2D eigenvalue weighted by Crippen LogP contribution is -2.17. The van der Waals surface area contributed by atoms with Crippen molar-refractivity contribution in [3.8, 4) is 5.75 Å². The van der Waals surface area contributed by atoms with Crippen molar-refractivity contribution >= 4 is 38.3 Å². The Morgan fingerprint density at radius 2 is 1.76 bits per heavy atom. The molecule has 3 aromatic carbocycles. The topological polar surface area (TPSA) is 102 Å². The van der Waals surface area contributed by atoms with E-state index in [0.29, 0.717) is 29.2 Å². The predicted octanol–water partition coefficient (Wildman–Crippen LogP) is 4.18. The summed E-state index contributed by atoms with van der Waals surface area (Å²) in [5.41, 5.74) is 3.22. The number of nitrogens with one attached hydrogen (secondary N) is 2. The lowest BCUT2D eigenvalue weighted by molar-refractivity contribution is -0.116. The predicted molar refractivity (Wildman–Crippen MR) is 128 cm³/mol. The highest BCUT2D eigenvalue weighted by molar-refractivity contribution is 7.92. The molecule has 2 N–H and O–H groups in total. The number of ether oxygens (including phenoxy) is 1. The Hall–Kier alpha value is -3.85. The maximum Gasteiger partial charge on any atom is 0.262 e. The summed E-state index contributed by atoms with van der Waals surface area (Å²) in [7, 11) is -2.31. The number of amides is 1. The van der Waals surface area contributed by atoms with Crippen LogP contribution in [-0.4, -0.2) is 31.0 Å². The summed E-state index contributed by atoms with van der Waals surface area (Å²) in [4.78, 5) is 16.9. The van der Waals surface area contributed by atoms with E-state index in [0.717, 1.165) is 11.0 Å². The van der Waals surface area contributed by atoms with E-state index in [1.807, 2.05) is 28.8 Å². The largest absolute Gasteiger partial charge is 0.497 e. The van der Waals surface area contributed by atoms with Gasteiger partial charge in [0.05, 0.1) is 29.4 Å². The van der Waals surface area contributed by atoms with Crippen LogP contribution in [0.15, 0.2) is 78.0 Å². The number of rotatable bonds is 8. The molecule has 0 atom stereocenters. The van der Waals surface area contributed by atoms with Crippen LogP contribution in [0.2, 0.25) is 0 Å². The Morgan fingerprint density at radius 3 is 2.52 bits per heavy atom. The van der Waals surface area contributed by atoms with Crippen molar-refractivity contribution in [1.29, 1.82) is 0 Å². The number of hydrogen-bond donors (Lipinski definition) is 2. The van der Waals surface area contributed by atoms with Crippen LogP contribution in [-0.2, 0) is 21.4 Å². The third-order valence-corrected chi connectivity index (χ3v) is 6.73. The maximum atomic E-state index is 13.0. The van der Waals surface area contributed by atoms with Crippen LogP contribution < -0.4 is 14.8 Å². The molecule has 9 heteroatoms. The van der Waals surface area contributed by atoms with Gasteiger partial charge in [-0.1, -0.05) is 18.2 Å². The highest BCUT2D eigenvalue weighted by Crippen LogP contribution is 2.24. The van der Waals surface area contributed by atoms with Gasteiger partial charge in [-0.2, -0.15) is 0 Å². The molecule has 170 valence electrons. The van der Waals surface area contributed by atoms with Crippen molar-refractivity contribution in [1.82, 2.24) is 9.55 Å². The van der Waals surface area contributed by atoms with E-state index < -0.39 is 10.0 Å². The second-order valence-electron chi connectivity index (χ2n) is 7.54. The number of aromatic nitrogens is 2. The molecule has 4 aromatic rings. The number of benzene rings is 3. The van der Waals surface area contributed by atoms with Crippen molar-refractivity contribution in [2.75, 3.05) is 17.1 Å². The van der Waals surface area contributed by atoms with E-state index in [-0.39, 0.29) is 17.2 Å². The molecule has 4 rings (SSSR count). The van der Waals surface area contributed by atoms with Gasteiger partial charge in [0.1, 0.15) is 5.75 Å². The van der Waals surface area contributed by atoms with Gasteiger partial charge in [0.15, 0.2) is 0 Å². The van der Waals surface area contributed by atoms with Gasteiger partial charge in [-0.3, -0.25) is 9.52 Å². The van der Waals surface area contributed by atoms with E-state index in [1.54, 1.807) is 56.8 Å². The minimum absolute atomic E-state index is 0.0942. The van der Waals surface area contributed by atoms with Crippen molar-refractivity contribution in [3.05, 3.63) is 78.6 Å². The number of sulfonamides is 1. The van der Waals surface area contributed by atoms with E-state index >= 15 is 0 Å². The standard InChI is InChI=1S/C24H24N4O4S/c1-17-7-8-19(15-23(17)33(30,31)27-18-9-11-20(32-2)12-10-18)26-24(29)13-14-28-16-25-21-5-3-4-6-22(21)28/h3-12,15-16,27H,13-14H2,1-2H3,(H,26,29). The zero-order valence-corrected chi connectivity index (χ0v) is 19.1. The zero-order chi connectivity index (χ0) is 23.4. The van der Waals surface area contributed by atoms with Crippen LogP contribution in [0, 0.1) is 6.92 Å². The number of anilines is 2. The van der Waals surface area contributed by atoms with Crippen LogP contribution in [0.25, 0.3) is 11.0 Å². The Morgan fingerprint density at radius 1 is 1.03 bits per heavy atom. The average molecular weight is 465 g/mol. The third-order valence-electron chi connectivity index (χ3n) is 5.21. The normalized spacial score (nSPS) is 11.3.